The van der Waals surface area contributed by atoms with E-state index in [1.165, 1.54) is 12.8 Å². The monoisotopic (exact) mass is 284 g/mol. The summed E-state index contributed by atoms with van der Waals surface area (Å²) >= 11 is 3.32. The molecule has 0 aliphatic heterocycles. The molecule has 0 bridgehead atoms. The summed E-state index contributed by atoms with van der Waals surface area (Å²) in [4.78, 5) is 14.7. The number of hydrogen-bond donors (Lipinski definition) is 2. The number of carbonyl (C=O) groups excluding carboxylic acids is 1. The molecule has 2 N–H and O–H groups in total. The van der Waals surface area contributed by atoms with Crippen molar-refractivity contribution in [2.45, 2.75) is 26.7 Å². The highest BCUT2D eigenvalue weighted by atomic mass is 79.9. The first-order valence-electron chi connectivity index (χ1n) is 5.66. The van der Waals surface area contributed by atoms with Crippen LogP contribution in [0.25, 0.3) is 0 Å². The molecule has 1 heterocycles. The molecule has 16 heavy (non-hydrogen) atoms. The summed E-state index contributed by atoms with van der Waals surface area (Å²) in [6, 6.07) is 1.80. The van der Waals surface area contributed by atoms with Crippen molar-refractivity contribution in [3.8, 4) is 0 Å². The first-order valence-corrected chi connectivity index (χ1v) is 6.45. The third-order valence-corrected chi connectivity index (χ3v) is 4.07. The molecule has 0 spiro atoms. The molecule has 0 atom stereocenters. The molecule has 0 radical (unpaired) electrons. The van der Waals surface area contributed by atoms with E-state index in [4.69, 9.17) is 0 Å². The first kappa shape index (κ1) is 11.7. The van der Waals surface area contributed by atoms with Crippen molar-refractivity contribution in [3.63, 3.8) is 0 Å². The lowest BCUT2D eigenvalue weighted by molar-refractivity contribution is 0.0935. The van der Waals surface area contributed by atoms with Crippen LogP contribution >= 0.6 is 15.9 Å². The number of amides is 1. The van der Waals surface area contributed by atoms with Gasteiger partial charge in [0.2, 0.25) is 0 Å². The number of halogens is 1. The van der Waals surface area contributed by atoms with Crippen LogP contribution in [0.2, 0.25) is 0 Å². The van der Waals surface area contributed by atoms with Crippen molar-refractivity contribution < 1.29 is 4.79 Å². The van der Waals surface area contributed by atoms with Crippen LogP contribution in [0.4, 0.5) is 0 Å². The Labute approximate surface area is 104 Å². The van der Waals surface area contributed by atoms with Gasteiger partial charge in [-0.05, 0) is 46.2 Å². The van der Waals surface area contributed by atoms with Crippen LogP contribution in [0.15, 0.2) is 16.7 Å². The van der Waals surface area contributed by atoms with Gasteiger partial charge in [-0.2, -0.15) is 0 Å². The predicted molar refractivity (Wildman–Crippen MR) is 67.3 cm³/mol. The minimum atomic E-state index is -0.0161. The lowest BCUT2D eigenvalue weighted by atomic mass is 9.92. The predicted octanol–water partition coefficient (Wildman–Crippen LogP) is 2.94. The van der Waals surface area contributed by atoms with Gasteiger partial charge in [0.05, 0.1) is 0 Å². The summed E-state index contributed by atoms with van der Waals surface area (Å²) in [6.07, 6.45) is 4.24. The van der Waals surface area contributed by atoms with E-state index in [1.807, 2.05) is 0 Å². The fraction of sp³-hybridized carbons (Fsp3) is 0.583. The second kappa shape index (κ2) is 4.24. The fourth-order valence-corrected chi connectivity index (χ4v) is 2.31. The average Bonchev–Trinajstić information content (AvgIpc) is 2.92. The minimum absolute atomic E-state index is 0.0161. The number of rotatable bonds is 4. The van der Waals surface area contributed by atoms with Gasteiger partial charge in [-0.3, -0.25) is 4.79 Å². The molecule has 1 aromatic heterocycles. The van der Waals surface area contributed by atoms with E-state index in [0.29, 0.717) is 17.0 Å². The van der Waals surface area contributed by atoms with Crippen LogP contribution in [0.3, 0.4) is 0 Å². The normalized spacial score (nSPS) is 17.5. The number of aromatic amines is 1. The number of H-pyrrole nitrogens is 1. The molecular formula is C12H17BrN2O. The van der Waals surface area contributed by atoms with E-state index in [0.717, 1.165) is 11.0 Å². The Morgan fingerprint density at radius 2 is 2.31 bits per heavy atom. The van der Waals surface area contributed by atoms with Crippen LogP contribution in [0.5, 0.6) is 0 Å². The quantitative estimate of drug-likeness (QED) is 0.877. The lowest BCUT2D eigenvalue weighted by Crippen LogP contribution is -2.32. The summed E-state index contributed by atoms with van der Waals surface area (Å²) in [5.74, 6) is 0.626. The Hall–Kier alpha value is -0.770. The SMILES string of the molecule is CC(C)C1(CNC(=O)c2cc(Br)c[nH]2)CC1. The minimum Gasteiger partial charge on any atom is -0.356 e. The van der Waals surface area contributed by atoms with E-state index in [1.54, 1.807) is 12.3 Å². The Balaban J connectivity index is 1.89. The second-order valence-corrected chi connectivity index (χ2v) is 5.85. The Bertz CT molecular complexity index is 393. The average molecular weight is 285 g/mol. The zero-order valence-corrected chi connectivity index (χ0v) is 11.2. The molecule has 0 saturated heterocycles. The number of nitrogens with one attached hydrogen (secondary N) is 2. The summed E-state index contributed by atoms with van der Waals surface area (Å²) < 4.78 is 0.905. The molecule has 3 nitrogen and oxygen atoms in total. The number of hydrogen-bond acceptors (Lipinski definition) is 1. The molecule has 1 aliphatic rings. The van der Waals surface area contributed by atoms with Gasteiger partial charge in [0.15, 0.2) is 0 Å². The third-order valence-electron chi connectivity index (χ3n) is 3.61. The van der Waals surface area contributed by atoms with E-state index < -0.39 is 0 Å². The van der Waals surface area contributed by atoms with Crippen LogP contribution in [0.1, 0.15) is 37.2 Å². The summed E-state index contributed by atoms with van der Waals surface area (Å²) in [5.41, 5.74) is 0.978. The highest BCUT2D eigenvalue weighted by Gasteiger charge is 2.45. The zero-order chi connectivity index (χ0) is 11.8. The fourth-order valence-electron chi connectivity index (χ4n) is 1.97. The first-order chi connectivity index (χ1) is 7.53. The van der Waals surface area contributed by atoms with Crippen LogP contribution in [-0.4, -0.2) is 17.4 Å². The zero-order valence-electron chi connectivity index (χ0n) is 9.64. The smallest absolute Gasteiger partial charge is 0.267 e. The molecule has 4 heteroatoms. The second-order valence-electron chi connectivity index (χ2n) is 4.93. The van der Waals surface area contributed by atoms with Gasteiger partial charge in [-0.1, -0.05) is 13.8 Å². The van der Waals surface area contributed by atoms with E-state index in [9.17, 15) is 4.79 Å². The van der Waals surface area contributed by atoms with Crippen LogP contribution in [0, 0.1) is 11.3 Å². The third kappa shape index (κ3) is 2.32. The molecule has 0 aromatic carbocycles. The van der Waals surface area contributed by atoms with Crippen molar-refractivity contribution in [3.05, 3.63) is 22.4 Å². The topological polar surface area (TPSA) is 44.9 Å². The largest absolute Gasteiger partial charge is 0.356 e. The summed E-state index contributed by atoms with van der Waals surface area (Å²) in [5, 5.41) is 3.01. The molecule has 0 unspecified atom stereocenters. The molecule has 1 amide bonds. The van der Waals surface area contributed by atoms with Gasteiger partial charge >= 0.3 is 0 Å². The van der Waals surface area contributed by atoms with Gasteiger partial charge in [0.25, 0.3) is 5.91 Å². The molecule has 1 aromatic rings. The molecule has 1 saturated carbocycles. The molecule has 1 aliphatic carbocycles. The maximum atomic E-state index is 11.8. The maximum Gasteiger partial charge on any atom is 0.267 e. The van der Waals surface area contributed by atoms with Gasteiger partial charge in [-0.15, -0.1) is 0 Å². The van der Waals surface area contributed by atoms with Gasteiger partial charge in [0, 0.05) is 17.2 Å². The summed E-state index contributed by atoms with van der Waals surface area (Å²) in [6.45, 7) is 5.24. The highest BCUT2D eigenvalue weighted by molar-refractivity contribution is 9.10. The highest BCUT2D eigenvalue weighted by Crippen LogP contribution is 2.51. The number of aromatic nitrogens is 1. The Kier molecular flexibility index (Phi) is 3.10. The maximum absolute atomic E-state index is 11.8. The summed E-state index contributed by atoms with van der Waals surface area (Å²) in [7, 11) is 0. The van der Waals surface area contributed by atoms with E-state index in [2.05, 4.69) is 40.1 Å². The molecular weight excluding hydrogens is 268 g/mol. The van der Waals surface area contributed by atoms with Crippen molar-refractivity contribution in [2.75, 3.05) is 6.54 Å². The van der Waals surface area contributed by atoms with Gasteiger partial charge in [0.1, 0.15) is 5.69 Å². The number of carbonyl (C=O) groups is 1. The van der Waals surface area contributed by atoms with Crippen molar-refractivity contribution in [1.29, 1.82) is 0 Å². The van der Waals surface area contributed by atoms with Gasteiger partial charge < -0.3 is 10.3 Å². The van der Waals surface area contributed by atoms with Crippen LogP contribution in [-0.2, 0) is 0 Å². The standard InChI is InChI=1S/C12H17BrN2O/c1-8(2)12(3-4-12)7-15-11(16)10-5-9(13)6-14-10/h5-6,8,14H,3-4,7H2,1-2H3,(H,15,16). The van der Waals surface area contributed by atoms with E-state index >= 15 is 0 Å². The molecule has 2 rings (SSSR count). The van der Waals surface area contributed by atoms with Crippen molar-refractivity contribution in [2.24, 2.45) is 11.3 Å². The van der Waals surface area contributed by atoms with Crippen molar-refractivity contribution in [1.82, 2.24) is 10.3 Å². The van der Waals surface area contributed by atoms with Crippen molar-refractivity contribution >= 4 is 21.8 Å². The molecule has 1 fully saturated rings. The molecule has 88 valence electrons. The van der Waals surface area contributed by atoms with E-state index in [-0.39, 0.29) is 5.91 Å². The Morgan fingerprint density at radius 1 is 1.62 bits per heavy atom. The Morgan fingerprint density at radius 3 is 2.75 bits per heavy atom. The van der Waals surface area contributed by atoms with Gasteiger partial charge in [-0.25, -0.2) is 0 Å². The lowest BCUT2D eigenvalue weighted by Gasteiger charge is -2.19. The van der Waals surface area contributed by atoms with Crippen LogP contribution < -0.4 is 5.32 Å².